The topological polar surface area (TPSA) is 49.8 Å². The molecule has 0 spiro atoms. The molecule has 6 heteroatoms. The van der Waals surface area contributed by atoms with Gasteiger partial charge in [-0.15, -0.1) is 0 Å². The van der Waals surface area contributed by atoms with E-state index in [1.54, 1.807) is 6.33 Å². The van der Waals surface area contributed by atoms with Crippen molar-refractivity contribution in [1.82, 2.24) is 9.97 Å². The Balaban J connectivity index is 1.75. The standard InChI is InChI=1S/C25H30BrClN4/c1-3-4-5-13-28-24-16-25(30-17-29-24)31-18(2)23(20-7-6-8-21(26)15-20)14-19-9-11-22(27)12-10-19/h6-12,15-18,23H,3-5,13-14H2,1-2H3,(H2,28,29,30,31)/t18-,23+/m0/s1. The third-order valence-corrected chi connectivity index (χ3v) is 6.12. The lowest BCUT2D eigenvalue weighted by molar-refractivity contribution is 0.593. The number of unbranched alkanes of at least 4 members (excludes halogenated alkanes) is 2. The van der Waals surface area contributed by atoms with Gasteiger partial charge in [-0.3, -0.25) is 0 Å². The number of hydrogen-bond acceptors (Lipinski definition) is 4. The van der Waals surface area contributed by atoms with Gasteiger partial charge in [-0.05, 0) is 55.2 Å². The van der Waals surface area contributed by atoms with Crippen LogP contribution in [0.5, 0.6) is 0 Å². The predicted molar refractivity (Wildman–Crippen MR) is 135 cm³/mol. The summed E-state index contributed by atoms with van der Waals surface area (Å²) in [5, 5.41) is 7.76. The number of nitrogens with zero attached hydrogens (tertiary/aromatic N) is 2. The highest BCUT2D eigenvalue weighted by Crippen LogP contribution is 2.29. The summed E-state index contributed by atoms with van der Waals surface area (Å²) >= 11 is 9.70. The van der Waals surface area contributed by atoms with Crippen molar-refractivity contribution >= 4 is 39.2 Å². The Morgan fingerprint density at radius 3 is 2.52 bits per heavy atom. The third kappa shape index (κ3) is 7.51. The highest BCUT2D eigenvalue weighted by atomic mass is 79.9. The largest absolute Gasteiger partial charge is 0.370 e. The van der Waals surface area contributed by atoms with E-state index in [1.165, 1.54) is 24.0 Å². The van der Waals surface area contributed by atoms with E-state index in [0.717, 1.165) is 40.5 Å². The maximum atomic E-state index is 6.09. The molecule has 0 bridgehead atoms. The molecule has 2 atom stereocenters. The molecule has 3 aromatic rings. The first-order chi connectivity index (χ1) is 15.0. The molecule has 164 valence electrons. The van der Waals surface area contributed by atoms with Gasteiger partial charge < -0.3 is 10.6 Å². The number of nitrogens with one attached hydrogen (secondary N) is 2. The van der Waals surface area contributed by atoms with Crippen molar-refractivity contribution in [3.05, 3.63) is 81.5 Å². The summed E-state index contributed by atoms with van der Waals surface area (Å²) in [4.78, 5) is 8.80. The summed E-state index contributed by atoms with van der Waals surface area (Å²) in [5.41, 5.74) is 2.53. The van der Waals surface area contributed by atoms with Gasteiger partial charge in [0.25, 0.3) is 0 Å². The lowest BCUT2D eigenvalue weighted by atomic mass is 9.86. The van der Waals surface area contributed by atoms with Gasteiger partial charge in [-0.25, -0.2) is 9.97 Å². The third-order valence-electron chi connectivity index (χ3n) is 5.38. The molecule has 0 saturated heterocycles. The van der Waals surface area contributed by atoms with Crippen LogP contribution >= 0.6 is 27.5 Å². The average Bonchev–Trinajstić information content (AvgIpc) is 2.76. The van der Waals surface area contributed by atoms with Crippen molar-refractivity contribution < 1.29 is 0 Å². The van der Waals surface area contributed by atoms with Crippen molar-refractivity contribution in [2.75, 3.05) is 17.2 Å². The Morgan fingerprint density at radius 2 is 1.77 bits per heavy atom. The first-order valence-corrected chi connectivity index (χ1v) is 12.0. The second kappa shape index (κ2) is 12.1. The lowest BCUT2D eigenvalue weighted by Crippen LogP contribution is -2.26. The summed E-state index contributed by atoms with van der Waals surface area (Å²) in [7, 11) is 0. The summed E-state index contributed by atoms with van der Waals surface area (Å²) in [6.45, 7) is 5.34. The van der Waals surface area contributed by atoms with Crippen LogP contribution < -0.4 is 10.6 Å². The molecule has 0 unspecified atom stereocenters. The zero-order valence-corrected chi connectivity index (χ0v) is 20.5. The molecule has 2 aromatic carbocycles. The second-order valence-electron chi connectivity index (χ2n) is 7.85. The highest BCUT2D eigenvalue weighted by Gasteiger charge is 2.21. The molecular weight excluding hydrogens is 472 g/mol. The zero-order valence-electron chi connectivity index (χ0n) is 18.1. The Hall–Kier alpha value is -2.11. The summed E-state index contributed by atoms with van der Waals surface area (Å²) in [6.07, 6.45) is 6.09. The summed E-state index contributed by atoms with van der Waals surface area (Å²) in [6, 6.07) is 18.8. The summed E-state index contributed by atoms with van der Waals surface area (Å²) < 4.78 is 1.08. The van der Waals surface area contributed by atoms with Crippen molar-refractivity contribution in [3.8, 4) is 0 Å². The van der Waals surface area contributed by atoms with Crippen LogP contribution in [0.2, 0.25) is 5.02 Å². The van der Waals surface area contributed by atoms with E-state index in [0.29, 0.717) is 0 Å². The first-order valence-electron chi connectivity index (χ1n) is 10.9. The number of aromatic nitrogens is 2. The molecule has 0 fully saturated rings. The molecule has 1 heterocycles. The smallest absolute Gasteiger partial charge is 0.131 e. The van der Waals surface area contributed by atoms with E-state index < -0.39 is 0 Å². The van der Waals surface area contributed by atoms with Gasteiger partial charge in [0.1, 0.15) is 18.0 Å². The second-order valence-corrected chi connectivity index (χ2v) is 9.20. The van der Waals surface area contributed by atoms with Crippen LogP contribution in [0.25, 0.3) is 0 Å². The van der Waals surface area contributed by atoms with E-state index in [9.17, 15) is 0 Å². The number of rotatable bonds is 11. The molecule has 0 aliphatic heterocycles. The van der Waals surface area contributed by atoms with Gasteiger partial charge >= 0.3 is 0 Å². The number of anilines is 2. The van der Waals surface area contributed by atoms with E-state index in [2.05, 4.69) is 86.8 Å². The fourth-order valence-electron chi connectivity index (χ4n) is 3.65. The molecule has 0 amide bonds. The van der Waals surface area contributed by atoms with Crippen molar-refractivity contribution in [2.45, 2.75) is 51.5 Å². The molecule has 0 aliphatic rings. The van der Waals surface area contributed by atoms with Crippen LogP contribution in [0.1, 0.15) is 50.2 Å². The van der Waals surface area contributed by atoms with Crippen molar-refractivity contribution in [2.24, 2.45) is 0 Å². The minimum Gasteiger partial charge on any atom is -0.370 e. The van der Waals surface area contributed by atoms with Crippen LogP contribution in [0, 0.1) is 0 Å². The normalized spacial score (nSPS) is 12.9. The molecule has 31 heavy (non-hydrogen) atoms. The maximum Gasteiger partial charge on any atom is 0.131 e. The Bertz CT molecular complexity index is 948. The Morgan fingerprint density at radius 1 is 1.00 bits per heavy atom. The van der Waals surface area contributed by atoms with Gasteiger partial charge in [0.05, 0.1) is 0 Å². The van der Waals surface area contributed by atoms with E-state index in [4.69, 9.17) is 11.6 Å². The molecule has 0 saturated carbocycles. The molecular formula is C25H30BrClN4. The molecule has 1 aromatic heterocycles. The van der Waals surface area contributed by atoms with Crippen LogP contribution in [0.3, 0.4) is 0 Å². The fourth-order valence-corrected chi connectivity index (χ4v) is 4.20. The van der Waals surface area contributed by atoms with Crippen LogP contribution in [-0.2, 0) is 6.42 Å². The van der Waals surface area contributed by atoms with Gasteiger partial charge in [0.15, 0.2) is 0 Å². The SMILES string of the molecule is CCCCCNc1cc(N[C@@H](C)[C@@H](Cc2ccc(Cl)cc2)c2cccc(Br)c2)ncn1. The van der Waals surface area contributed by atoms with Gasteiger partial charge in [0, 0.05) is 34.1 Å². The minimum absolute atomic E-state index is 0.160. The van der Waals surface area contributed by atoms with Crippen molar-refractivity contribution in [1.29, 1.82) is 0 Å². The first kappa shape index (κ1) is 23.6. The fraction of sp³-hybridized carbons (Fsp3) is 0.360. The Kier molecular flexibility index (Phi) is 9.16. The number of benzene rings is 2. The highest BCUT2D eigenvalue weighted by molar-refractivity contribution is 9.10. The monoisotopic (exact) mass is 500 g/mol. The van der Waals surface area contributed by atoms with Crippen molar-refractivity contribution in [3.63, 3.8) is 0 Å². The predicted octanol–water partition coefficient (Wildman–Crippen LogP) is 7.32. The molecule has 2 N–H and O–H groups in total. The quantitative estimate of drug-likeness (QED) is 0.270. The average molecular weight is 502 g/mol. The summed E-state index contributed by atoms with van der Waals surface area (Å²) in [5.74, 6) is 1.95. The number of hydrogen-bond donors (Lipinski definition) is 2. The molecule has 3 rings (SSSR count). The number of halogens is 2. The maximum absolute atomic E-state index is 6.09. The zero-order chi connectivity index (χ0) is 22.1. The molecule has 0 radical (unpaired) electrons. The Labute approximate surface area is 199 Å². The van der Waals surface area contributed by atoms with Crippen LogP contribution in [0.4, 0.5) is 11.6 Å². The van der Waals surface area contributed by atoms with E-state index in [1.807, 2.05) is 18.2 Å². The van der Waals surface area contributed by atoms with Gasteiger partial charge in [-0.2, -0.15) is 0 Å². The van der Waals surface area contributed by atoms with E-state index >= 15 is 0 Å². The molecule has 0 aliphatic carbocycles. The van der Waals surface area contributed by atoms with Crippen LogP contribution in [0.15, 0.2) is 65.4 Å². The van der Waals surface area contributed by atoms with Gasteiger partial charge in [-0.1, -0.05) is 71.6 Å². The van der Waals surface area contributed by atoms with E-state index in [-0.39, 0.29) is 12.0 Å². The minimum atomic E-state index is 0.160. The van der Waals surface area contributed by atoms with Gasteiger partial charge in [0.2, 0.25) is 0 Å². The lowest BCUT2D eigenvalue weighted by Gasteiger charge is -2.26. The van der Waals surface area contributed by atoms with Crippen LogP contribution in [-0.4, -0.2) is 22.6 Å². The molecule has 4 nitrogen and oxygen atoms in total.